The first-order valence-electron chi connectivity index (χ1n) is 19.1. The van der Waals surface area contributed by atoms with E-state index in [-0.39, 0.29) is 0 Å². The van der Waals surface area contributed by atoms with Gasteiger partial charge in [0.2, 0.25) is 0 Å². The molecule has 2 heterocycles. The SMILES string of the molecule is c1ccc(-c2ccc(-c3ccc(-c4cccc(-c5ccc6c(-c7ccc8ccccc8c7)c7ccccc7c(-c7ccc8ccccc8c7)c6c5)c4)s3)s2)cc1. The van der Waals surface area contributed by atoms with Crippen LogP contribution in [0.2, 0.25) is 0 Å². The highest BCUT2D eigenvalue weighted by Crippen LogP contribution is 2.46. The summed E-state index contributed by atoms with van der Waals surface area (Å²) in [7, 11) is 0. The van der Waals surface area contributed by atoms with E-state index in [9.17, 15) is 0 Å². The fourth-order valence-electron chi connectivity index (χ4n) is 8.37. The second-order valence-corrected chi connectivity index (χ2v) is 16.6. The maximum atomic E-state index is 2.44. The van der Waals surface area contributed by atoms with Crippen molar-refractivity contribution in [1.82, 2.24) is 0 Å². The number of benzene rings is 9. The van der Waals surface area contributed by atoms with Crippen molar-refractivity contribution in [2.24, 2.45) is 0 Å². The molecule has 9 aromatic carbocycles. The molecule has 0 aliphatic carbocycles. The van der Waals surface area contributed by atoms with Crippen LogP contribution < -0.4 is 0 Å². The summed E-state index contributed by atoms with van der Waals surface area (Å²) in [6, 6.07) is 76.1. The standard InChI is InChI=1S/C54H34S2/c1-2-13-37(14-3-1)49-27-29-51(55-49)52-30-28-50(56-52)42-18-10-17-40(31-42)41-25-26-47-48(34-41)54(44-24-22-36-12-5-7-16-39(36)33-44)46-20-9-8-19-45(46)53(47)43-23-21-35-11-4-6-15-38(35)32-43/h1-34H. The molecule has 0 aliphatic rings. The normalized spacial score (nSPS) is 11.6. The molecule has 0 spiro atoms. The maximum absolute atomic E-state index is 2.44. The van der Waals surface area contributed by atoms with Crippen molar-refractivity contribution in [3.63, 3.8) is 0 Å². The van der Waals surface area contributed by atoms with Crippen LogP contribution in [0.1, 0.15) is 0 Å². The van der Waals surface area contributed by atoms with Crippen molar-refractivity contribution in [3.05, 3.63) is 206 Å². The summed E-state index contributed by atoms with van der Waals surface area (Å²) in [5.41, 5.74) is 9.96. The average molecular weight is 747 g/mol. The van der Waals surface area contributed by atoms with Gasteiger partial charge in [0.25, 0.3) is 0 Å². The number of thiophene rings is 2. The molecule has 11 aromatic rings. The van der Waals surface area contributed by atoms with Crippen molar-refractivity contribution < 1.29 is 0 Å². The molecule has 0 radical (unpaired) electrons. The van der Waals surface area contributed by atoms with Crippen LogP contribution in [0.3, 0.4) is 0 Å². The van der Waals surface area contributed by atoms with E-state index in [0.29, 0.717) is 0 Å². The summed E-state index contributed by atoms with van der Waals surface area (Å²) >= 11 is 3.73. The summed E-state index contributed by atoms with van der Waals surface area (Å²) in [6.07, 6.45) is 0. The van der Waals surface area contributed by atoms with E-state index in [1.54, 1.807) is 0 Å². The van der Waals surface area contributed by atoms with Gasteiger partial charge in [-0.2, -0.15) is 0 Å². The largest absolute Gasteiger partial charge is 0.134 e. The Bertz CT molecular complexity index is 3250. The second-order valence-electron chi connectivity index (χ2n) is 14.5. The maximum Gasteiger partial charge on any atom is 0.0449 e. The van der Waals surface area contributed by atoms with Crippen molar-refractivity contribution >= 4 is 65.8 Å². The van der Waals surface area contributed by atoms with Gasteiger partial charge in [-0.25, -0.2) is 0 Å². The lowest BCUT2D eigenvalue weighted by atomic mass is 9.84. The third-order valence-electron chi connectivity index (χ3n) is 11.1. The van der Waals surface area contributed by atoms with E-state index in [0.717, 1.165) is 0 Å². The predicted molar refractivity (Wildman–Crippen MR) is 245 cm³/mol. The molecule has 0 nitrogen and oxygen atoms in total. The van der Waals surface area contributed by atoms with Crippen molar-refractivity contribution in [2.45, 2.75) is 0 Å². The third kappa shape index (κ3) is 5.74. The highest BCUT2D eigenvalue weighted by atomic mass is 32.1. The van der Waals surface area contributed by atoms with Gasteiger partial charge in [0.15, 0.2) is 0 Å². The molecular formula is C54H34S2. The van der Waals surface area contributed by atoms with Gasteiger partial charge in [-0.05, 0) is 136 Å². The van der Waals surface area contributed by atoms with Gasteiger partial charge in [-0.15, -0.1) is 22.7 Å². The van der Waals surface area contributed by atoms with E-state index in [4.69, 9.17) is 0 Å². The summed E-state index contributed by atoms with van der Waals surface area (Å²) in [5.74, 6) is 0. The lowest BCUT2D eigenvalue weighted by Gasteiger charge is -2.19. The number of fused-ring (bicyclic) bond motifs is 4. The van der Waals surface area contributed by atoms with E-state index in [1.807, 2.05) is 22.7 Å². The van der Waals surface area contributed by atoms with Gasteiger partial charge >= 0.3 is 0 Å². The summed E-state index contributed by atoms with van der Waals surface area (Å²) < 4.78 is 0. The molecule has 0 N–H and O–H groups in total. The molecule has 56 heavy (non-hydrogen) atoms. The Labute approximate surface area is 334 Å². The van der Waals surface area contributed by atoms with Crippen LogP contribution in [0.4, 0.5) is 0 Å². The van der Waals surface area contributed by atoms with Gasteiger partial charge in [0.05, 0.1) is 0 Å². The van der Waals surface area contributed by atoms with Crippen molar-refractivity contribution in [2.75, 3.05) is 0 Å². The highest BCUT2D eigenvalue weighted by Gasteiger charge is 2.19. The van der Waals surface area contributed by atoms with Crippen LogP contribution in [-0.4, -0.2) is 0 Å². The Balaban J connectivity index is 1.07. The first-order valence-corrected chi connectivity index (χ1v) is 20.7. The molecule has 0 bridgehead atoms. The molecule has 2 heteroatoms. The highest BCUT2D eigenvalue weighted by molar-refractivity contribution is 7.25. The smallest absolute Gasteiger partial charge is 0.0449 e. The molecule has 0 unspecified atom stereocenters. The van der Waals surface area contributed by atoms with E-state index in [1.165, 1.54) is 107 Å². The van der Waals surface area contributed by atoms with Crippen molar-refractivity contribution in [3.8, 4) is 64.0 Å². The Morgan fingerprint density at radius 3 is 1.30 bits per heavy atom. The molecule has 0 atom stereocenters. The molecule has 262 valence electrons. The predicted octanol–water partition coefficient (Wildman–Crippen LogP) is 16.4. The second kappa shape index (κ2) is 13.6. The number of rotatable bonds is 6. The monoisotopic (exact) mass is 746 g/mol. The van der Waals surface area contributed by atoms with Gasteiger partial charge in [-0.3, -0.25) is 0 Å². The quantitative estimate of drug-likeness (QED) is 0.149. The fourth-order valence-corrected chi connectivity index (χ4v) is 10.5. The van der Waals surface area contributed by atoms with Crippen LogP contribution in [0, 0.1) is 0 Å². The zero-order chi connectivity index (χ0) is 37.0. The molecular weight excluding hydrogens is 713 g/mol. The Morgan fingerprint density at radius 2 is 0.661 bits per heavy atom. The molecule has 0 saturated carbocycles. The van der Waals surface area contributed by atoms with E-state index in [2.05, 4.69) is 206 Å². The molecule has 0 aliphatic heterocycles. The summed E-state index contributed by atoms with van der Waals surface area (Å²) in [6.45, 7) is 0. The molecule has 0 saturated heterocycles. The minimum absolute atomic E-state index is 1.21. The van der Waals surface area contributed by atoms with Gasteiger partial charge in [0, 0.05) is 19.5 Å². The van der Waals surface area contributed by atoms with Crippen LogP contribution >= 0.6 is 22.7 Å². The van der Waals surface area contributed by atoms with E-state index >= 15 is 0 Å². The van der Waals surface area contributed by atoms with Crippen LogP contribution in [0.15, 0.2) is 206 Å². The van der Waals surface area contributed by atoms with Crippen molar-refractivity contribution in [1.29, 1.82) is 0 Å². The van der Waals surface area contributed by atoms with Gasteiger partial charge < -0.3 is 0 Å². The zero-order valence-electron chi connectivity index (χ0n) is 30.4. The first kappa shape index (κ1) is 32.8. The Kier molecular flexibility index (Phi) is 7.98. The zero-order valence-corrected chi connectivity index (χ0v) is 32.1. The summed E-state index contributed by atoms with van der Waals surface area (Å²) in [4.78, 5) is 5.19. The average Bonchev–Trinajstić information content (AvgIpc) is 3.97. The molecule has 0 fully saturated rings. The summed E-state index contributed by atoms with van der Waals surface area (Å²) in [5, 5.41) is 10.1. The lowest BCUT2D eigenvalue weighted by Crippen LogP contribution is -1.92. The third-order valence-corrected chi connectivity index (χ3v) is 13.6. The minimum atomic E-state index is 1.21. The number of hydrogen-bond acceptors (Lipinski definition) is 2. The van der Waals surface area contributed by atoms with Crippen LogP contribution in [0.5, 0.6) is 0 Å². The number of hydrogen-bond donors (Lipinski definition) is 0. The minimum Gasteiger partial charge on any atom is -0.134 e. The van der Waals surface area contributed by atoms with Crippen LogP contribution in [0.25, 0.3) is 107 Å². The Hall–Kier alpha value is -6.58. The molecule has 0 amide bonds. The molecule has 2 aromatic heterocycles. The Morgan fingerprint density at radius 1 is 0.214 bits per heavy atom. The van der Waals surface area contributed by atoms with Gasteiger partial charge in [-0.1, -0.05) is 158 Å². The molecule has 11 rings (SSSR count). The lowest BCUT2D eigenvalue weighted by molar-refractivity contribution is 1.63. The van der Waals surface area contributed by atoms with Crippen LogP contribution in [-0.2, 0) is 0 Å². The topological polar surface area (TPSA) is 0 Å². The van der Waals surface area contributed by atoms with Gasteiger partial charge in [0.1, 0.15) is 0 Å². The first-order chi connectivity index (χ1) is 27.7. The fraction of sp³-hybridized carbons (Fsp3) is 0. The van der Waals surface area contributed by atoms with E-state index < -0.39 is 0 Å².